The van der Waals surface area contributed by atoms with Gasteiger partial charge >= 0.3 is 0 Å². The van der Waals surface area contributed by atoms with E-state index in [-0.39, 0.29) is 4.90 Å². The van der Waals surface area contributed by atoms with Gasteiger partial charge in [-0.05, 0) is 36.8 Å². The van der Waals surface area contributed by atoms with Crippen molar-refractivity contribution in [1.29, 1.82) is 0 Å². The minimum Gasteiger partial charge on any atom is -0.339 e. The highest BCUT2D eigenvalue weighted by atomic mass is 32.2. The molecule has 0 amide bonds. The van der Waals surface area contributed by atoms with Crippen LogP contribution in [0.1, 0.15) is 16.7 Å². The van der Waals surface area contributed by atoms with Crippen LogP contribution in [0.3, 0.4) is 0 Å². The number of nitrogens with zero attached hydrogens (tertiary/aromatic N) is 1. The van der Waals surface area contributed by atoms with Crippen LogP contribution in [0.4, 0.5) is 5.69 Å². The number of anilines is 1. The highest BCUT2D eigenvalue weighted by Crippen LogP contribution is 2.34. The smallest absolute Gasteiger partial charge is 0.284 e. The van der Waals surface area contributed by atoms with Crippen LogP contribution in [-0.4, -0.2) is 14.3 Å². The number of rotatable bonds is 3. The number of hydrogen-bond acceptors (Lipinski definition) is 2. The van der Waals surface area contributed by atoms with Crippen LogP contribution in [-0.2, 0) is 10.0 Å². The first kappa shape index (κ1) is 17.2. The van der Waals surface area contributed by atoms with Crippen LogP contribution in [0.15, 0.2) is 88.2 Å². The quantitative estimate of drug-likeness (QED) is 0.720. The van der Waals surface area contributed by atoms with E-state index in [4.69, 9.17) is 0 Å². The summed E-state index contributed by atoms with van der Waals surface area (Å²) in [6, 6.07) is 24.2. The third kappa shape index (κ3) is 3.55. The average molecular weight is 374 g/mol. The van der Waals surface area contributed by atoms with E-state index in [1.807, 2.05) is 67.6 Å². The molecule has 5 heteroatoms. The molecule has 0 unspecified atom stereocenters. The lowest BCUT2D eigenvalue weighted by molar-refractivity contribution is 0.598. The molecule has 1 aliphatic rings. The Morgan fingerprint density at radius 1 is 0.852 bits per heavy atom. The second kappa shape index (κ2) is 6.85. The first-order valence-electron chi connectivity index (χ1n) is 8.58. The van der Waals surface area contributed by atoms with Crippen molar-refractivity contribution in [2.45, 2.75) is 11.8 Å². The molecule has 0 aromatic heterocycles. The summed E-state index contributed by atoms with van der Waals surface area (Å²) >= 11 is 0. The topological polar surface area (TPSA) is 58.5 Å². The van der Waals surface area contributed by atoms with E-state index in [9.17, 15) is 8.42 Å². The van der Waals surface area contributed by atoms with Crippen molar-refractivity contribution in [2.24, 2.45) is 4.40 Å². The molecule has 1 aliphatic heterocycles. The molecule has 0 saturated carbocycles. The first-order valence-corrected chi connectivity index (χ1v) is 10.0. The normalized spacial score (nSPS) is 16.3. The van der Waals surface area contributed by atoms with Crippen LogP contribution < -0.4 is 5.32 Å². The number of nitrogens with one attached hydrogen (secondary N) is 1. The molecule has 1 heterocycles. The number of sulfonamides is 1. The maximum absolute atomic E-state index is 12.8. The summed E-state index contributed by atoms with van der Waals surface area (Å²) in [6.07, 6.45) is 1.95. The fourth-order valence-electron chi connectivity index (χ4n) is 2.97. The Bertz CT molecular complexity index is 1150. The second-order valence-electron chi connectivity index (χ2n) is 6.37. The van der Waals surface area contributed by atoms with Gasteiger partial charge in [0.05, 0.1) is 4.90 Å². The van der Waals surface area contributed by atoms with E-state index >= 15 is 0 Å². The van der Waals surface area contributed by atoms with Crippen LogP contribution in [0.2, 0.25) is 0 Å². The Balaban J connectivity index is 1.83. The van der Waals surface area contributed by atoms with Crippen molar-refractivity contribution >= 4 is 33.2 Å². The van der Waals surface area contributed by atoms with E-state index < -0.39 is 10.0 Å². The molecule has 0 saturated heterocycles. The van der Waals surface area contributed by atoms with E-state index in [0.717, 1.165) is 28.0 Å². The number of para-hydroxylation sites is 1. The third-order valence-electron chi connectivity index (χ3n) is 4.37. The van der Waals surface area contributed by atoms with Gasteiger partial charge in [0, 0.05) is 16.8 Å². The Morgan fingerprint density at radius 3 is 2.26 bits per heavy atom. The van der Waals surface area contributed by atoms with E-state index in [1.54, 1.807) is 24.3 Å². The lowest BCUT2D eigenvalue weighted by Gasteiger charge is -2.04. The molecule has 0 aliphatic carbocycles. The molecule has 3 aromatic rings. The first-order chi connectivity index (χ1) is 13.0. The largest absolute Gasteiger partial charge is 0.339 e. The summed E-state index contributed by atoms with van der Waals surface area (Å²) in [5.74, 6) is 0.334. The number of fused-ring (bicyclic) bond motifs is 1. The zero-order chi connectivity index (χ0) is 18.9. The second-order valence-corrected chi connectivity index (χ2v) is 7.97. The van der Waals surface area contributed by atoms with E-state index in [1.165, 1.54) is 0 Å². The fourth-order valence-corrected chi connectivity index (χ4v) is 3.94. The number of aryl methyl sites for hydroxylation is 1. The standard InChI is InChI=1S/C22H18N2O2S/c1-16-11-13-18(14-12-16)27(25,26)24-22-20(15-17-7-3-2-4-8-17)19-9-5-6-10-21(19)23-22/h2-15H,1H3,(H,23,24)/b20-15-. The summed E-state index contributed by atoms with van der Waals surface area (Å²) in [4.78, 5) is 0.178. The third-order valence-corrected chi connectivity index (χ3v) is 5.66. The zero-order valence-corrected chi connectivity index (χ0v) is 15.6. The van der Waals surface area contributed by atoms with Gasteiger partial charge < -0.3 is 5.32 Å². The molecule has 1 N–H and O–H groups in total. The molecule has 0 bridgehead atoms. The highest BCUT2D eigenvalue weighted by molar-refractivity contribution is 7.90. The molecular formula is C22H18N2O2S. The van der Waals surface area contributed by atoms with Crippen molar-refractivity contribution in [3.05, 3.63) is 95.6 Å². The van der Waals surface area contributed by atoms with Gasteiger partial charge in [-0.1, -0.05) is 66.2 Å². The van der Waals surface area contributed by atoms with Gasteiger partial charge in [-0.25, -0.2) is 0 Å². The molecule has 134 valence electrons. The Labute approximate surface area is 159 Å². The molecular weight excluding hydrogens is 356 g/mol. The lowest BCUT2D eigenvalue weighted by Crippen LogP contribution is -2.10. The van der Waals surface area contributed by atoms with E-state index in [2.05, 4.69) is 9.71 Å². The van der Waals surface area contributed by atoms with Crippen molar-refractivity contribution < 1.29 is 8.42 Å². The Hall–Kier alpha value is -3.18. The van der Waals surface area contributed by atoms with Crippen LogP contribution in [0.5, 0.6) is 0 Å². The summed E-state index contributed by atoms with van der Waals surface area (Å²) in [6.45, 7) is 1.91. The van der Waals surface area contributed by atoms with Gasteiger partial charge in [-0.3, -0.25) is 0 Å². The SMILES string of the molecule is Cc1ccc(S(=O)(=O)/N=C2\Nc3ccccc3\C2=C\c2ccccc2)cc1. The molecule has 27 heavy (non-hydrogen) atoms. The summed E-state index contributed by atoms with van der Waals surface area (Å²) in [7, 11) is -3.82. The van der Waals surface area contributed by atoms with Gasteiger partial charge in [0.25, 0.3) is 10.0 Å². The van der Waals surface area contributed by atoms with Crippen LogP contribution >= 0.6 is 0 Å². The lowest BCUT2D eigenvalue weighted by atomic mass is 10.0. The Morgan fingerprint density at radius 2 is 1.52 bits per heavy atom. The Kier molecular flexibility index (Phi) is 4.38. The maximum Gasteiger partial charge on any atom is 0.284 e. The minimum atomic E-state index is -3.82. The van der Waals surface area contributed by atoms with Gasteiger partial charge in [-0.2, -0.15) is 8.42 Å². The predicted molar refractivity (Wildman–Crippen MR) is 110 cm³/mol. The average Bonchev–Trinajstić information content (AvgIpc) is 2.99. The monoisotopic (exact) mass is 374 g/mol. The van der Waals surface area contributed by atoms with Crippen molar-refractivity contribution in [3.8, 4) is 0 Å². The zero-order valence-electron chi connectivity index (χ0n) is 14.8. The van der Waals surface area contributed by atoms with Gasteiger partial charge in [0.1, 0.15) is 0 Å². The molecule has 0 fully saturated rings. The molecule has 0 atom stereocenters. The van der Waals surface area contributed by atoms with Gasteiger partial charge in [-0.15, -0.1) is 4.40 Å². The minimum absolute atomic E-state index is 0.178. The molecule has 0 radical (unpaired) electrons. The fraction of sp³-hybridized carbons (Fsp3) is 0.0455. The van der Waals surface area contributed by atoms with Crippen LogP contribution in [0, 0.1) is 6.92 Å². The molecule has 4 nitrogen and oxygen atoms in total. The summed E-state index contributed by atoms with van der Waals surface area (Å²) in [5, 5.41) is 3.14. The van der Waals surface area contributed by atoms with Crippen LogP contribution in [0.25, 0.3) is 11.6 Å². The maximum atomic E-state index is 12.8. The molecule has 0 spiro atoms. The van der Waals surface area contributed by atoms with Gasteiger partial charge in [0.15, 0.2) is 5.84 Å². The summed E-state index contributed by atoms with van der Waals surface area (Å²) < 4.78 is 29.7. The number of benzene rings is 3. The summed E-state index contributed by atoms with van der Waals surface area (Å²) in [5.41, 5.74) is 4.51. The molecule has 3 aromatic carbocycles. The van der Waals surface area contributed by atoms with E-state index in [0.29, 0.717) is 5.84 Å². The number of amidine groups is 1. The number of hydrogen-bond donors (Lipinski definition) is 1. The van der Waals surface area contributed by atoms with Crippen molar-refractivity contribution in [3.63, 3.8) is 0 Å². The predicted octanol–water partition coefficient (Wildman–Crippen LogP) is 4.75. The highest BCUT2D eigenvalue weighted by Gasteiger charge is 2.25. The van der Waals surface area contributed by atoms with Crippen molar-refractivity contribution in [1.82, 2.24) is 0 Å². The van der Waals surface area contributed by atoms with Gasteiger partial charge in [0.2, 0.25) is 0 Å². The molecule has 4 rings (SSSR count). The van der Waals surface area contributed by atoms with Crippen molar-refractivity contribution in [2.75, 3.05) is 5.32 Å².